The van der Waals surface area contributed by atoms with E-state index < -0.39 is 17.5 Å². The van der Waals surface area contributed by atoms with Gasteiger partial charge in [0.15, 0.2) is 10.5 Å². The Kier molecular flexibility index (Phi) is 5.84. The molecule has 0 radical (unpaired) electrons. The zero-order valence-electron chi connectivity index (χ0n) is 15.5. The van der Waals surface area contributed by atoms with Crippen LogP contribution in [0.3, 0.4) is 0 Å². The molecule has 9 nitrogen and oxygen atoms in total. The summed E-state index contributed by atoms with van der Waals surface area (Å²) >= 11 is 4.89. The molecule has 1 aliphatic rings. The van der Waals surface area contributed by atoms with Crippen molar-refractivity contribution in [2.75, 3.05) is 19.1 Å². The lowest BCUT2D eigenvalue weighted by Crippen LogP contribution is -2.27. The van der Waals surface area contributed by atoms with Crippen LogP contribution < -0.4 is 10.5 Å². The van der Waals surface area contributed by atoms with Crippen LogP contribution in [0.25, 0.3) is 11.3 Å². The number of hydrogen-bond donors (Lipinski definition) is 2. The highest BCUT2D eigenvalue weighted by molar-refractivity contribution is 7.71. The largest absolute Gasteiger partial charge is 0.465 e. The Morgan fingerprint density at radius 1 is 1.10 bits per heavy atom. The van der Waals surface area contributed by atoms with E-state index in [1.165, 1.54) is 25.2 Å². The predicted octanol–water partition coefficient (Wildman–Crippen LogP) is 1.98. The second kappa shape index (κ2) is 8.48. The molecule has 0 saturated carbocycles. The lowest BCUT2D eigenvalue weighted by atomic mass is 10.1. The number of aromatic nitrogens is 3. The van der Waals surface area contributed by atoms with Gasteiger partial charge >= 0.3 is 11.9 Å². The van der Waals surface area contributed by atoms with Crippen molar-refractivity contribution < 1.29 is 19.1 Å². The molecule has 29 heavy (non-hydrogen) atoms. The van der Waals surface area contributed by atoms with Crippen LogP contribution in [0.15, 0.2) is 64.8 Å². The van der Waals surface area contributed by atoms with Crippen molar-refractivity contribution in [1.82, 2.24) is 15.2 Å². The maximum atomic E-state index is 12.6. The van der Waals surface area contributed by atoms with Gasteiger partial charge in [-0.25, -0.2) is 9.59 Å². The number of methoxy groups -OCH3 is 2. The van der Waals surface area contributed by atoms with Crippen molar-refractivity contribution in [3.63, 3.8) is 0 Å². The van der Waals surface area contributed by atoms with Crippen LogP contribution in [0.5, 0.6) is 0 Å². The van der Waals surface area contributed by atoms with Crippen molar-refractivity contribution in [2.24, 2.45) is 0 Å². The Bertz CT molecular complexity index is 1180. The van der Waals surface area contributed by atoms with Crippen molar-refractivity contribution in [1.29, 1.82) is 0 Å². The predicted molar refractivity (Wildman–Crippen MR) is 107 cm³/mol. The number of benzene rings is 1. The molecule has 2 N–H and O–H groups in total. The first kappa shape index (κ1) is 20.0. The molecule has 1 aliphatic heterocycles. The van der Waals surface area contributed by atoms with Gasteiger partial charge in [-0.2, -0.15) is 5.10 Å². The highest BCUT2D eigenvalue weighted by atomic mass is 32.1. The van der Waals surface area contributed by atoms with Crippen LogP contribution >= 0.6 is 12.2 Å². The van der Waals surface area contributed by atoms with E-state index in [9.17, 15) is 14.4 Å². The van der Waals surface area contributed by atoms with Crippen LogP contribution in [-0.4, -0.2) is 41.3 Å². The van der Waals surface area contributed by atoms with E-state index in [-0.39, 0.29) is 21.7 Å². The zero-order chi connectivity index (χ0) is 21.0. The fourth-order valence-corrected chi connectivity index (χ4v) is 2.90. The van der Waals surface area contributed by atoms with Gasteiger partial charge in [0.2, 0.25) is 0 Å². The van der Waals surface area contributed by atoms with Gasteiger partial charge in [-0.1, -0.05) is 24.3 Å². The third kappa shape index (κ3) is 3.92. The number of para-hydroxylation sites is 1. The minimum absolute atomic E-state index is 0.00603. The molecule has 2 heterocycles. The van der Waals surface area contributed by atoms with Gasteiger partial charge in [0.05, 0.1) is 25.5 Å². The molecule has 0 amide bonds. The minimum Gasteiger partial charge on any atom is -0.465 e. The van der Waals surface area contributed by atoms with Gasteiger partial charge in [0, 0.05) is 11.8 Å². The molecule has 0 spiro atoms. The van der Waals surface area contributed by atoms with Gasteiger partial charge in [-0.15, -0.1) is 0 Å². The lowest BCUT2D eigenvalue weighted by molar-refractivity contribution is -0.139. The van der Waals surface area contributed by atoms with E-state index in [2.05, 4.69) is 15.2 Å². The van der Waals surface area contributed by atoms with Crippen LogP contribution in [0.4, 0.5) is 5.69 Å². The number of carbonyl (C=O) groups is 2. The molecule has 0 fully saturated rings. The molecule has 0 bridgehead atoms. The summed E-state index contributed by atoms with van der Waals surface area (Å²) in [5.41, 5.74) is 0.291. The first-order valence-electron chi connectivity index (χ1n) is 8.31. The van der Waals surface area contributed by atoms with E-state index >= 15 is 0 Å². The molecule has 0 saturated heterocycles. The number of rotatable bonds is 4. The smallest absolute Gasteiger partial charge is 0.355 e. The van der Waals surface area contributed by atoms with Gasteiger partial charge < -0.3 is 14.4 Å². The molecular formula is C19H16N4O5S. The third-order valence-electron chi connectivity index (χ3n) is 4.02. The maximum Gasteiger partial charge on any atom is 0.355 e. The van der Waals surface area contributed by atoms with E-state index in [1.54, 1.807) is 42.6 Å². The first-order valence-corrected chi connectivity index (χ1v) is 8.72. The topological polar surface area (TPSA) is 117 Å². The molecule has 1 aromatic carbocycles. The van der Waals surface area contributed by atoms with Gasteiger partial charge in [-0.3, -0.25) is 14.9 Å². The van der Waals surface area contributed by atoms with E-state index in [4.69, 9.17) is 21.7 Å². The van der Waals surface area contributed by atoms with Gasteiger partial charge in [0.1, 0.15) is 5.70 Å². The van der Waals surface area contributed by atoms with E-state index in [0.717, 1.165) is 0 Å². The third-order valence-corrected chi connectivity index (χ3v) is 4.21. The first-order chi connectivity index (χ1) is 14.0. The molecule has 0 unspecified atom stereocenters. The number of aromatic amines is 2. The molecule has 3 rings (SSSR count). The summed E-state index contributed by atoms with van der Waals surface area (Å²) < 4.78 is 9.78. The number of esters is 2. The second-order valence-corrected chi connectivity index (χ2v) is 6.10. The summed E-state index contributed by atoms with van der Waals surface area (Å²) in [4.78, 5) is 41.2. The van der Waals surface area contributed by atoms with Crippen molar-refractivity contribution in [3.05, 3.63) is 75.1 Å². The fraction of sp³-hybridized carbons (Fsp3) is 0.105. The molecule has 2 aromatic rings. The highest BCUT2D eigenvalue weighted by Crippen LogP contribution is 2.33. The number of nitrogens with zero attached hydrogens (tertiary/aromatic N) is 2. The number of H-pyrrole nitrogens is 2. The van der Waals surface area contributed by atoms with Gasteiger partial charge in [-0.05, 0) is 30.4 Å². The number of allylic oxidation sites excluding steroid dienone is 2. The van der Waals surface area contributed by atoms with Gasteiger partial charge in [0.25, 0.3) is 5.56 Å². The number of carbonyl (C=O) groups excluding carboxylic acids is 2. The van der Waals surface area contributed by atoms with Crippen LogP contribution in [0, 0.1) is 4.77 Å². The summed E-state index contributed by atoms with van der Waals surface area (Å²) in [7, 11) is 2.42. The maximum absolute atomic E-state index is 12.6. The van der Waals surface area contributed by atoms with Crippen LogP contribution in [0.1, 0.15) is 0 Å². The van der Waals surface area contributed by atoms with E-state index in [0.29, 0.717) is 11.3 Å². The van der Waals surface area contributed by atoms with Crippen molar-refractivity contribution in [2.45, 2.75) is 0 Å². The highest BCUT2D eigenvalue weighted by Gasteiger charge is 2.29. The number of ether oxygens (including phenoxy) is 2. The average Bonchev–Trinajstić information content (AvgIpc) is 2.95. The molecule has 10 heteroatoms. The van der Waals surface area contributed by atoms with Crippen LogP contribution in [-0.2, 0) is 19.1 Å². The molecule has 148 valence electrons. The quantitative estimate of drug-likeness (QED) is 0.578. The standard InChI is InChI=1S/C19H16N4O5S/c1-27-17(25)12-8-5-6-10-23(15(12)18(26)28-2)13-9-4-3-7-11(13)14-16(24)20-19(29)22-21-14/h3-10H,1-2H3,(H2,20,22,24,29). The molecular weight excluding hydrogens is 396 g/mol. The summed E-state index contributed by atoms with van der Waals surface area (Å²) in [5, 5.41) is 6.57. The Morgan fingerprint density at radius 2 is 1.83 bits per heavy atom. The number of anilines is 1. The minimum atomic E-state index is -0.759. The number of nitrogens with one attached hydrogen (secondary N) is 2. The molecule has 0 atom stereocenters. The van der Waals surface area contributed by atoms with Crippen molar-refractivity contribution in [3.8, 4) is 11.3 Å². The summed E-state index contributed by atoms with van der Waals surface area (Å²) in [6, 6.07) is 6.76. The lowest BCUT2D eigenvalue weighted by Gasteiger charge is -2.25. The zero-order valence-corrected chi connectivity index (χ0v) is 16.3. The number of hydrogen-bond acceptors (Lipinski definition) is 8. The SMILES string of the molecule is COC(=O)C1=C(C(=O)OC)N(c2ccccc2-c2n[nH]c(=S)[nH]c2=O)C=CC=C1. The average molecular weight is 412 g/mol. The summed E-state index contributed by atoms with van der Waals surface area (Å²) in [6.07, 6.45) is 6.23. The normalized spacial score (nSPS) is 13.2. The monoisotopic (exact) mass is 412 g/mol. The Hall–Kier alpha value is -3.79. The fourth-order valence-electron chi connectivity index (χ4n) is 2.77. The Balaban J connectivity index is 2.29. The molecule has 1 aromatic heterocycles. The van der Waals surface area contributed by atoms with Crippen LogP contribution in [0.2, 0.25) is 0 Å². The van der Waals surface area contributed by atoms with Crippen molar-refractivity contribution >= 4 is 29.8 Å². The Morgan fingerprint density at radius 3 is 2.52 bits per heavy atom. The Labute approximate surface area is 170 Å². The second-order valence-electron chi connectivity index (χ2n) is 5.69. The summed E-state index contributed by atoms with van der Waals surface area (Å²) in [5.74, 6) is -1.47. The van der Waals surface area contributed by atoms with E-state index in [1.807, 2.05) is 0 Å². The summed E-state index contributed by atoms with van der Waals surface area (Å²) in [6.45, 7) is 0. The molecule has 0 aliphatic carbocycles.